The monoisotopic (exact) mass is 287 g/mol. The molecule has 20 heavy (non-hydrogen) atoms. The molecule has 0 saturated heterocycles. The molecule has 0 aliphatic heterocycles. The zero-order valence-corrected chi connectivity index (χ0v) is 12.1. The Morgan fingerprint density at radius 1 is 0.800 bits per heavy atom. The first kappa shape index (κ1) is 16.4. The van der Waals surface area contributed by atoms with Gasteiger partial charge in [0.1, 0.15) is 13.5 Å². The van der Waals surface area contributed by atoms with E-state index in [0.29, 0.717) is 6.42 Å². The van der Waals surface area contributed by atoms with Gasteiger partial charge in [-0.1, -0.05) is 19.8 Å². The average Bonchev–Trinajstić information content (AvgIpc) is 2.43. The first-order valence-corrected chi connectivity index (χ1v) is 6.50. The van der Waals surface area contributed by atoms with Crippen LogP contribution in [0.5, 0.6) is 0 Å². The molecule has 0 aliphatic carbocycles. The predicted octanol–water partition coefficient (Wildman–Crippen LogP) is -0.430. The highest BCUT2D eigenvalue weighted by molar-refractivity contribution is 4.77. The third-order valence-corrected chi connectivity index (χ3v) is 2.89. The molecule has 1 aromatic rings. The molecule has 114 valence electrons. The minimum absolute atomic E-state index is 0.199. The van der Waals surface area contributed by atoms with E-state index in [-0.39, 0.29) is 20.0 Å². The van der Waals surface area contributed by atoms with Crippen molar-refractivity contribution in [1.82, 2.24) is 13.7 Å². The van der Waals surface area contributed by atoms with Gasteiger partial charge in [0.2, 0.25) is 0 Å². The van der Waals surface area contributed by atoms with E-state index < -0.39 is 17.1 Å². The maximum absolute atomic E-state index is 12.1. The molecule has 0 fully saturated rings. The molecular weight excluding hydrogens is 266 g/mol. The fourth-order valence-electron chi connectivity index (χ4n) is 1.87. The highest BCUT2D eigenvalue weighted by Crippen LogP contribution is 1.94. The van der Waals surface area contributed by atoms with Gasteiger partial charge in [-0.25, -0.2) is 28.1 Å². The van der Waals surface area contributed by atoms with Crippen molar-refractivity contribution in [2.45, 2.75) is 46.2 Å². The lowest BCUT2D eigenvalue weighted by atomic mass is 10.2. The van der Waals surface area contributed by atoms with Crippen molar-refractivity contribution in [3.05, 3.63) is 31.5 Å². The summed E-state index contributed by atoms with van der Waals surface area (Å²) >= 11 is 0. The highest BCUT2D eigenvalue weighted by Gasteiger charge is 2.14. The number of nitrogens with zero attached hydrogens (tertiary/aromatic N) is 3. The number of rotatable bonds is 8. The molecule has 1 rings (SSSR count). The highest BCUT2D eigenvalue weighted by atomic mass is 16.5. The van der Waals surface area contributed by atoms with Gasteiger partial charge < -0.3 is 9.47 Å². The molecule has 1 aromatic heterocycles. The maximum Gasteiger partial charge on any atom is 0.340 e. The minimum atomic E-state index is -0.726. The number of unbranched alkanes of at least 4 members (excludes halogenated alkanes) is 2. The van der Waals surface area contributed by atoms with Crippen LogP contribution >= 0.6 is 0 Å². The van der Waals surface area contributed by atoms with Gasteiger partial charge in [-0.05, 0) is 6.42 Å². The Hall–Kier alpha value is -1.67. The molecule has 0 radical (unpaired) electrons. The van der Waals surface area contributed by atoms with E-state index in [9.17, 15) is 14.4 Å². The summed E-state index contributed by atoms with van der Waals surface area (Å²) in [7, 11) is 2.75. The molecule has 8 heteroatoms. The summed E-state index contributed by atoms with van der Waals surface area (Å²) in [6, 6.07) is 0. The van der Waals surface area contributed by atoms with Crippen LogP contribution in [0.4, 0.5) is 0 Å². The number of aromatic nitrogens is 3. The van der Waals surface area contributed by atoms with Crippen LogP contribution in [0.3, 0.4) is 0 Å². The van der Waals surface area contributed by atoms with Gasteiger partial charge in [0.25, 0.3) is 0 Å². The summed E-state index contributed by atoms with van der Waals surface area (Å²) in [5.41, 5.74) is -2.02. The average molecular weight is 287 g/mol. The molecule has 0 amide bonds. The number of ether oxygens (including phenoxy) is 2. The molecule has 0 atom stereocenters. The van der Waals surface area contributed by atoms with Crippen LogP contribution in [0.15, 0.2) is 14.4 Å². The van der Waals surface area contributed by atoms with E-state index >= 15 is 0 Å². The second-order valence-corrected chi connectivity index (χ2v) is 4.40. The fraction of sp³-hybridized carbons (Fsp3) is 0.750. The van der Waals surface area contributed by atoms with Crippen molar-refractivity contribution in [1.29, 1.82) is 0 Å². The minimum Gasteiger partial charge on any atom is -0.364 e. The smallest absolute Gasteiger partial charge is 0.340 e. The third kappa shape index (κ3) is 3.45. The Bertz CT molecular complexity index is 554. The SMILES string of the molecule is CCCCCn1c(=O)n(COC)c(=O)n(COC)c1=O. The second-order valence-electron chi connectivity index (χ2n) is 4.40. The Morgan fingerprint density at radius 2 is 1.25 bits per heavy atom. The van der Waals surface area contributed by atoms with Gasteiger partial charge in [0, 0.05) is 20.8 Å². The summed E-state index contributed by atoms with van der Waals surface area (Å²) in [4.78, 5) is 36.3. The lowest BCUT2D eigenvalue weighted by molar-refractivity contribution is 0.0964. The van der Waals surface area contributed by atoms with E-state index in [4.69, 9.17) is 9.47 Å². The lowest BCUT2D eigenvalue weighted by Gasteiger charge is -2.12. The Morgan fingerprint density at radius 3 is 1.65 bits per heavy atom. The van der Waals surface area contributed by atoms with E-state index in [1.807, 2.05) is 6.92 Å². The van der Waals surface area contributed by atoms with Crippen LogP contribution < -0.4 is 17.1 Å². The molecule has 0 saturated carbocycles. The largest absolute Gasteiger partial charge is 0.364 e. The summed E-state index contributed by atoms with van der Waals surface area (Å²) in [6.45, 7) is 1.90. The van der Waals surface area contributed by atoms with Crippen LogP contribution in [0.25, 0.3) is 0 Å². The van der Waals surface area contributed by atoms with Crippen LogP contribution in [0.2, 0.25) is 0 Å². The van der Waals surface area contributed by atoms with Gasteiger partial charge in [-0.3, -0.25) is 0 Å². The van der Waals surface area contributed by atoms with E-state index in [2.05, 4.69) is 0 Å². The molecule has 0 N–H and O–H groups in total. The Labute approximate surface area is 116 Å². The summed E-state index contributed by atoms with van der Waals surface area (Å²) in [5.74, 6) is 0. The number of hydrogen-bond donors (Lipinski definition) is 0. The fourth-order valence-corrected chi connectivity index (χ4v) is 1.87. The molecule has 1 heterocycles. The summed E-state index contributed by atoms with van der Waals surface area (Å²) in [5, 5.41) is 0. The Balaban J connectivity index is 3.38. The normalized spacial score (nSPS) is 10.9. The molecule has 0 bridgehead atoms. The first-order chi connectivity index (χ1) is 9.58. The summed E-state index contributed by atoms with van der Waals surface area (Å²) < 4.78 is 12.5. The van der Waals surface area contributed by atoms with Crippen molar-refractivity contribution in [3.63, 3.8) is 0 Å². The lowest BCUT2D eigenvalue weighted by Crippen LogP contribution is -2.54. The van der Waals surface area contributed by atoms with Gasteiger partial charge in [-0.15, -0.1) is 0 Å². The van der Waals surface area contributed by atoms with Gasteiger partial charge in [0.05, 0.1) is 0 Å². The molecular formula is C12H21N3O5. The van der Waals surface area contributed by atoms with E-state index in [1.54, 1.807) is 0 Å². The summed E-state index contributed by atoms with van der Waals surface area (Å²) in [6.07, 6.45) is 2.57. The number of methoxy groups -OCH3 is 2. The van der Waals surface area contributed by atoms with Crippen LogP contribution in [0, 0.1) is 0 Å². The Kier molecular flexibility index (Phi) is 6.40. The number of hydrogen-bond acceptors (Lipinski definition) is 5. The van der Waals surface area contributed by atoms with Gasteiger partial charge >= 0.3 is 17.1 Å². The van der Waals surface area contributed by atoms with Gasteiger partial charge in [0.15, 0.2) is 0 Å². The van der Waals surface area contributed by atoms with E-state index in [0.717, 1.165) is 26.5 Å². The van der Waals surface area contributed by atoms with Crippen LogP contribution in [-0.2, 0) is 29.5 Å². The standard InChI is InChI=1S/C12H21N3O5/c1-4-5-6-7-13-10(16)14(8-19-2)12(18)15(9-20-3)11(13)17/h4-9H2,1-3H3. The first-order valence-electron chi connectivity index (χ1n) is 6.50. The van der Waals surface area contributed by atoms with E-state index in [1.165, 1.54) is 14.2 Å². The second kappa shape index (κ2) is 7.81. The molecule has 0 unspecified atom stereocenters. The zero-order chi connectivity index (χ0) is 15.1. The topological polar surface area (TPSA) is 84.5 Å². The van der Waals surface area contributed by atoms with Gasteiger partial charge in [-0.2, -0.15) is 0 Å². The third-order valence-electron chi connectivity index (χ3n) is 2.89. The van der Waals surface area contributed by atoms with Crippen molar-refractivity contribution < 1.29 is 9.47 Å². The molecule has 8 nitrogen and oxygen atoms in total. The maximum atomic E-state index is 12.1. The van der Waals surface area contributed by atoms with Crippen molar-refractivity contribution in [3.8, 4) is 0 Å². The van der Waals surface area contributed by atoms with Crippen molar-refractivity contribution >= 4 is 0 Å². The van der Waals surface area contributed by atoms with Crippen molar-refractivity contribution in [2.24, 2.45) is 0 Å². The molecule has 0 spiro atoms. The van der Waals surface area contributed by atoms with Crippen molar-refractivity contribution in [2.75, 3.05) is 14.2 Å². The quantitative estimate of drug-likeness (QED) is 0.606. The zero-order valence-electron chi connectivity index (χ0n) is 12.1. The molecule has 0 aromatic carbocycles. The predicted molar refractivity (Wildman–Crippen MR) is 72.8 cm³/mol. The van der Waals surface area contributed by atoms with Crippen LogP contribution in [-0.4, -0.2) is 27.9 Å². The van der Waals surface area contributed by atoms with Crippen LogP contribution in [0.1, 0.15) is 26.2 Å². The molecule has 0 aliphatic rings.